The van der Waals surface area contributed by atoms with E-state index >= 15 is 0 Å². The van der Waals surface area contributed by atoms with E-state index in [2.05, 4.69) is 36.3 Å². The second kappa shape index (κ2) is 10.5. The Hall–Kier alpha value is -3.33. The summed E-state index contributed by atoms with van der Waals surface area (Å²) in [5.41, 5.74) is 4.29. The van der Waals surface area contributed by atoms with Gasteiger partial charge in [0.25, 0.3) is 5.91 Å². The van der Waals surface area contributed by atoms with Crippen LogP contribution in [0, 0.1) is 0 Å². The van der Waals surface area contributed by atoms with E-state index in [0.717, 1.165) is 16.8 Å². The molecule has 6 nitrogen and oxygen atoms in total. The Morgan fingerprint density at radius 1 is 0.971 bits per heavy atom. The summed E-state index contributed by atoms with van der Waals surface area (Å²) in [6.45, 7) is 4.56. The molecule has 4 rings (SSSR count). The SMILES string of the molecule is CC(C)c1ccc(-c2csc(NC(=O)c3ccc(S(=O)(=O)N(C)Cc4ccccc4)cc3)n2)cc1. The zero-order valence-electron chi connectivity index (χ0n) is 19.8. The summed E-state index contributed by atoms with van der Waals surface area (Å²) in [5, 5.41) is 5.18. The lowest BCUT2D eigenvalue weighted by molar-refractivity contribution is 0.102. The fourth-order valence-electron chi connectivity index (χ4n) is 3.56. The Morgan fingerprint density at radius 2 is 1.63 bits per heavy atom. The van der Waals surface area contributed by atoms with Gasteiger partial charge in [0, 0.05) is 30.1 Å². The Balaban J connectivity index is 1.42. The molecular weight excluding hydrogens is 478 g/mol. The molecule has 1 heterocycles. The molecule has 0 unspecified atom stereocenters. The highest BCUT2D eigenvalue weighted by Crippen LogP contribution is 2.27. The second-order valence-electron chi connectivity index (χ2n) is 8.54. The number of carbonyl (C=O) groups excluding carboxylic acids is 1. The number of carbonyl (C=O) groups is 1. The van der Waals surface area contributed by atoms with Crippen LogP contribution in [0.15, 0.2) is 89.1 Å². The maximum Gasteiger partial charge on any atom is 0.257 e. The summed E-state index contributed by atoms with van der Waals surface area (Å²) >= 11 is 1.34. The standard InChI is InChI=1S/C27H27N3O3S2/c1-19(2)21-9-11-22(12-10-21)25-18-34-27(28-25)29-26(31)23-13-15-24(16-14-23)35(32,33)30(3)17-20-7-5-4-6-8-20/h4-16,18-19H,17H2,1-3H3,(H,28,29,31). The van der Waals surface area contributed by atoms with Gasteiger partial charge in [0.1, 0.15) is 0 Å². The highest BCUT2D eigenvalue weighted by atomic mass is 32.2. The van der Waals surface area contributed by atoms with Crippen molar-refractivity contribution in [2.75, 3.05) is 12.4 Å². The van der Waals surface area contributed by atoms with Gasteiger partial charge in [-0.05, 0) is 41.3 Å². The summed E-state index contributed by atoms with van der Waals surface area (Å²) in [4.78, 5) is 17.4. The first kappa shape index (κ1) is 24.8. The lowest BCUT2D eigenvalue weighted by Crippen LogP contribution is -2.26. The second-order valence-corrected chi connectivity index (χ2v) is 11.4. The number of sulfonamides is 1. The molecule has 35 heavy (non-hydrogen) atoms. The lowest BCUT2D eigenvalue weighted by atomic mass is 10.0. The predicted molar refractivity (Wildman–Crippen MR) is 141 cm³/mol. The molecule has 0 radical (unpaired) electrons. The number of amides is 1. The Kier molecular flexibility index (Phi) is 7.45. The minimum Gasteiger partial charge on any atom is -0.298 e. The van der Waals surface area contributed by atoms with Gasteiger partial charge in [-0.25, -0.2) is 13.4 Å². The highest BCUT2D eigenvalue weighted by Gasteiger charge is 2.21. The fraction of sp³-hybridized carbons (Fsp3) is 0.185. The van der Waals surface area contributed by atoms with Crippen LogP contribution in [0.2, 0.25) is 0 Å². The first-order valence-corrected chi connectivity index (χ1v) is 13.5. The summed E-state index contributed by atoms with van der Waals surface area (Å²) in [6, 6.07) is 23.6. The van der Waals surface area contributed by atoms with Crippen molar-refractivity contribution in [2.45, 2.75) is 31.2 Å². The topological polar surface area (TPSA) is 79.4 Å². The Bertz CT molecular complexity index is 1400. The molecule has 4 aromatic rings. The number of hydrogen-bond donors (Lipinski definition) is 1. The predicted octanol–water partition coefficient (Wildman–Crippen LogP) is 6.01. The third-order valence-corrected chi connectivity index (χ3v) is 8.25. The van der Waals surface area contributed by atoms with E-state index in [1.54, 1.807) is 7.05 Å². The number of aromatic nitrogens is 1. The molecule has 0 fully saturated rings. The van der Waals surface area contributed by atoms with Gasteiger partial charge in [0.15, 0.2) is 5.13 Å². The average Bonchev–Trinajstić information content (AvgIpc) is 3.33. The molecule has 8 heteroatoms. The molecule has 0 atom stereocenters. The number of rotatable bonds is 8. The van der Waals surface area contributed by atoms with Crippen molar-refractivity contribution in [3.8, 4) is 11.3 Å². The number of hydrogen-bond acceptors (Lipinski definition) is 5. The molecule has 0 saturated carbocycles. The monoisotopic (exact) mass is 505 g/mol. The van der Waals surface area contributed by atoms with Crippen molar-refractivity contribution in [3.63, 3.8) is 0 Å². The lowest BCUT2D eigenvalue weighted by Gasteiger charge is -2.17. The van der Waals surface area contributed by atoms with Crippen molar-refractivity contribution in [2.24, 2.45) is 0 Å². The molecule has 0 spiro atoms. The molecule has 0 aliphatic carbocycles. The van der Waals surface area contributed by atoms with Gasteiger partial charge in [0.05, 0.1) is 10.6 Å². The van der Waals surface area contributed by atoms with E-state index in [9.17, 15) is 13.2 Å². The van der Waals surface area contributed by atoms with Crippen LogP contribution in [0.5, 0.6) is 0 Å². The number of nitrogens with one attached hydrogen (secondary N) is 1. The van der Waals surface area contributed by atoms with E-state index in [1.807, 2.05) is 47.8 Å². The quantitative estimate of drug-likeness (QED) is 0.318. The van der Waals surface area contributed by atoms with Crippen LogP contribution in [0.3, 0.4) is 0 Å². The molecule has 1 amide bonds. The Labute approximate surface area is 210 Å². The van der Waals surface area contributed by atoms with Crippen LogP contribution >= 0.6 is 11.3 Å². The minimum atomic E-state index is -3.68. The van der Waals surface area contributed by atoms with Gasteiger partial charge in [-0.3, -0.25) is 10.1 Å². The zero-order chi connectivity index (χ0) is 25.0. The summed E-state index contributed by atoms with van der Waals surface area (Å²) in [7, 11) is -2.14. The molecule has 0 bridgehead atoms. The molecule has 0 aliphatic heterocycles. The number of thiazole rings is 1. The van der Waals surface area contributed by atoms with Crippen molar-refractivity contribution in [3.05, 3.63) is 101 Å². The molecule has 180 valence electrons. The zero-order valence-corrected chi connectivity index (χ0v) is 21.4. The van der Waals surface area contributed by atoms with E-state index in [0.29, 0.717) is 16.6 Å². The molecule has 1 N–H and O–H groups in total. The van der Waals surface area contributed by atoms with Crippen molar-refractivity contribution >= 4 is 32.4 Å². The van der Waals surface area contributed by atoms with E-state index in [1.165, 1.54) is 45.5 Å². The van der Waals surface area contributed by atoms with Crippen LogP contribution in [0.4, 0.5) is 5.13 Å². The summed E-state index contributed by atoms with van der Waals surface area (Å²) in [6.07, 6.45) is 0. The smallest absolute Gasteiger partial charge is 0.257 e. The van der Waals surface area contributed by atoms with Gasteiger partial charge in [-0.15, -0.1) is 11.3 Å². The maximum atomic E-state index is 12.9. The number of nitrogens with zero attached hydrogens (tertiary/aromatic N) is 2. The van der Waals surface area contributed by atoms with Crippen molar-refractivity contribution in [1.29, 1.82) is 0 Å². The van der Waals surface area contributed by atoms with Crippen LogP contribution in [0.1, 0.15) is 41.3 Å². The molecular formula is C27H27N3O3S2. The summed E-state index contributed by atoms with van der Waals surface area (Å²) < 4.78 is 27.1. The van der Waals surface area contributed by atoms with Gasteiger partial charge >= 0.3 is 0 Å². The van der Waals surface area contributed by atoms with E-state index in [-0.39, 0.29) is 17.3 Å². The van der Waals surface area contributed by atoms with Crippen LogP contribution in [0.25, 0.3) is 11.3 Å². The average molecular weight is 506 g/mol. The minimum absolute atomic E-state index is 0.133. The van der Waals surface area contributed by atoms with Crippen LogP contribution < -0.4 is 5.32 Å². The molecule has 1 aromatic heterocycles. The van der Waals surface area contributed by atoms with Crippen LogP contribution in [-0.4, -0.2) is 30.7 Å². The number of anilines is 1. The molecule has 3 aromatic carbocycles. The van der Waals surface area contributed by atoms with Crippen LogP contribution in [-0.2, 0) is 16.6 Å². The summed E-state index contributed by atoms with van der Waals surface area (Å²) in [5.74, 6) is 0.114. The van der Waals surface area contributed by atoms with Gasteiger partial charge < -0.3 is 0 Å². The molecule has 0 saturated heterocycles. The van der Waals surface area contributed by atoms with Crippen molar-refractivity contribution < 1.29 is 13.2 Å². The highest BCUT2D eigenvalue weighted by molar-refractivity contribution is 7.89. The normalized spacial score (nSPS) is 11.7. The first-order valence-electron chi connectivity index (χ1n) is 11.2. The van der Waals surface area contributed by atoms with Gasteiger partial charge in [-0.1, -0.05) is 68.4 Å². The van der Waals surface area contributed by atoms with Crippen molar-refractivity contribution in [1.82, 2.24) is 9.29 Å². The molecule has 0 aliphatic rings. The third kappa shape index (κ3) is 5.85. The maximum absolute atomic E-state index is 12.9. The fourth-order valence-corrected chi connectivity index (χ4v) is 5.43. The Morgan fingerprint density at radius 3 is 2.26 bits per heavy atom. The first-order chi connectivity index (χ1) is 16.7. The van der Waals surface area contributed by atoms with E-state index in [4.69, 9.17) is 0 Å². The third-order valence-electron chi connectivity index (χ3n) is 5.67. The largest absolute Gasteiger partial charge is 0.298 e. The number of benzene rings is 3. The van der Waals surface area contributed by atoms with Gasteiger partial charge in [-0.2, -0.15) is 4.31 Å². The van der Waals surface area contributed by atoms with E-state index < -0.39 is 10.0 Å². The van der Waals surface area contributed by atoms with Gasteiger partial charge in [0.2, 0.25) is 10.0 Å².